The lowest BCUT2D eigenvalue weighted by molar-refractivity contribution is -0.136. The molecule has 4 heteroatoms. The molecule has 4 nitrogen and oxygen atoms in total. The number of ether oxygens (including phenoxy) is 1. The van der Waals surface area contributed by atoms with Crippen molar-refractivity contribution in [1.82, 2.24) is 4.90 Å². The summed E-state index contributed by atoms with van der Waals surface area (Å²) in [6.45, 7) is 5.44. The van der Waals surface area contributed by atoms with Crippen LogP contribution in [-0.4, -0.2) is 30.0 Å². The predicted molar refractivity (Wildman–Crippen MR) is 71.5 cm³/mol. The lowest BCUT2D eigenvalue weighted by atomic mass is 10.2. The molecule has 1 aliphatic heterocycles. The van der Waals surface area contributed by atoms with Gasteiger partial charge >= 0.3 is 0 Å². The van der Waals surface area contributed by atoms with E-state index in [2.05, 4.69) is 0 Å². The van der Waals surface area contributed by atoms with E-state index in [1.54, 1.807) is 6.92 Å². The van der Waals surface area contributed by atoms with Gasteiger partial charge in [0.25, 0.3) is 5.91 Å². The Morgan fingerprint density at radius 3 is 2.67 bits per heavy atom. The number of hydrogen-bond acceptors (Lipinski definition) is 3. The highest BCUT2D eigenvalue weighted by Gasteiger charge is 2.24. The van der Waals surface area contributed by atoms with E-state index < -0.39 is 6.10 Å². The number of likely N-dealkylation sites (tertiary alicyclic amines) is 1. The molecule has 0 radical (unpaired) electrons. The Kier molecular flexibility index (Phi) is 3.75. The number of nitrogens with zero attached hydrogens (tertiary/aromatic N) is 1. The third-order valence-electron chi connectivity index (χ3n) is 3.23. The number of amides is 1. The van der Waals surface area contributed by atoms with Crippen LogP contribution in [0.2, 0.25) is 0 Å². The summed E-state index contributed by atoms with van der Waals surface area (Å²) >= 11 is 0. The molecule has 0 saturated carbocycles. The maximum atomic E-state index is 12.1. The average molecular weight is 248 g/mol. The van der Waals surface area contributed by atoms with Crippen molar-refractivity contribution in [3.05, 3.63) is 23.8 Å². The van der Waals surface area contributed by atoms with Crippen molar-refractivity contribution < 1.29 is 9.53 Å². The largest absolute Gasteiger partial charge is 0.479 e. The van der Waals surface area contributed by atoms with Crippen molar-refractivity contribution in [2.75, 3.05) is 18.8 Å². The quantitative estimate of drug-likeness (QED) is 0.832. The van der Waals surface area contributed by atoms with Crippen LogP contribution in [0.15, 0.2) is 18.2 Å². The van der Waals surface area contributed by atoms with Gasteiger partial charge in [-0.25, -0.2) is 0 Å². The van der Waals surface area contributed by atoms with Gasteiger partial charge in [0.15, 0.2) is 6.10 Å². The van der Waals surface area contributed by atoms with Gasteiger partial charge in [0.05, 0.1) is 5.69 Å². The molecular formula is C14H20N2O2. The van der Waals surface area contributed by atoms with Crippen LogP contribution in [0.25, 0.3) is 0 Å². The molecule has 1 heterocycles. The number of nitrogens with two attached hydrogens (primary N) is 1. The Morgan fingerprint density at radius 2 is 2.06 bits per heavy atom. The number of benzene rings is 1. The number of nitrogen functional groups attached to an aromatic ring is 1. The molecule has 1 aromatic carbocycles. The Balaban J connectivity index is 2.01. The van der Waals surface area contributed by atoms with Crippen molar-refractivity contribution in [3.8, 4) is 5.75 Å². The van der Waals surface area contributed by atoms with Gasteiger partial charge in [-0.05, 0) is 44.4 Å². The SMILES string of the molecule is Cc1ccc(OC(C)C(=O)N2CCCC2)c(N)c1. The van der Waals surface area contributed by atoms with Gasteiger partial charge in [-0.1, -0.05) is 6.07 Å². The molecule has 1 amide bonds. The van der Waals surface area contributed by atoms with Crippen LogP contribution >= 0.6 is 0 Å². The van der Waals surface area contributed by atoms with Crippen molar-refractivity contribution in [1.29, 1.82) is 0 Å². The van der Waals surface area contributed by atoms with Crippen molar-refractivity contribution in [2.45, 2.75) is 32.8 Å². The highest BCUT2D eigenvalue weighted by molar-refractivity contribution is 5.81. The summed E-state index contributed by atoms with van der Waals surface area (Å²) in [6.07, 6.45) is 1.70. The van der Waals surface area contributed by atoms with E-state index in [0.717, 1.165) is 31.5 Å². The monoisotopic (exact) mass is 248 g/mol. The Labute approximate surface area is 108 Å². The summed E-state index contributed by atoms with van der Waals surface area (Å²) in [5.74, 6) is 0.633. The molecule has 98 valence electrons. The highest BCUT2D eigenvalue weighted by atomic mass is 16.5. The minimum absolute atomic E-state index is 0.0486. The second-order valence-corrected chi connectivity index (χ2v) is 4.83. The Bertz CT molecular complexity index is 439. The molecule has 1 aromatic rings. The molecule has 0 spiro atoms. The standard InChI is InChI=1S/C14H20N2O2/c1-10-5-6-13(12(15)9-10)18-11(2)14(17)16-7-3-4-8-16/h5-6,9,11H,3-4,7-8,15H2,1-2H3. The zero-order valence-electron chi connectivity index (χ0n) is 11.0. The topological polar surface area (TPSA) is 55.6 Å². The minimum Gasteiger partial charge on any atom is -0.479 e. The first-order valence-corrected chi connectivity index (χ1v) is 6.39. The summed E-state index contributed by atoms with van der Waals surface area (Å²) in [6, 6.07) is 5.60. The maximum absolute atomic E-state index is 12.1. The van der Waals surface area contributed by atoms with Gasteiger partial charge in [0, 0.05) is 13.1 Å². The first-order valence-electron chi connectivity index (χ1n) is 6.39. The average Bonchev–Trinajstić information content (AvgIpc) is 2.85. The summed E-state index contributed by atoms with van der Waals surface area (Å²) in [5, 5.41) is 0. The minimum atomic E-state index is -0.479. The van der Waals surface area contributed by atoms with Gasteiger partial charge in [0.2, 0.25) is 0 Å². The molecule has 0 aliphatic carbocycles. The zero-order chi connectivity index (χ0) is 13.1. The number of hydrogen-bond donors (Lipinski definition) is 1. The second kappa shape index (κ2) is 5.29. The van der Waals surface area contributed by atoms with Crippen molar-refractivity contribution in [2.24, 2.45) is 0 Å². The number of rotatable bonds is 3. The summed E-state index contributed by atoms with van der Waals surface area (Å²) in [4.78, 5) is 13.9. The summed E-state index contributed by atoms with van der Waals surface area (Å²) < 4.78 is 5.66. The number of aryl methyl sites for hydroxylation is 1. The Morgan fingerprint density at radius 1 is 1.39 bits per heavy atom. The third-order valence-corrected chi connectivity index (χ3v) is 3.23. The van der Waals surface area contributed by atoms with Crippen LogP contribution in [0, 0.1) is 6.92 Å². The van der Waals surface area contributed by atoms with Crippen LogP contribution in [0.4, 0.5) is 5.69 Å². The van der Waals surface area contributed by atoms with Gasteiger partial charge in [0.1, 0.15) is 5.75 Å². The van der Waals surface area contributed by atoms with E-state index in [1.807, 2.05) is 30.0 Å². The molecule has 0 bridgehead atoms. The van der Waals surface area contributed by atoms with Crippen LogP contribution < -0.4 is 10.5 Å². The Hall–Kier alpha value is -1.71. The fourth-order valence-corrected chi connectivity index (χ4v) is 2.21. The molecule has 2 N–H and O–H groups in total. The first kappa shape index (κ1) is 12.7. The number of carbonyl (C=O) groups is 1. The summed E-state index contributed by atoms with van der Waals surface area (Å²) in [5.41, 5.74) is 7.53. The molecule has 0 aromatic heterocycles. The van der Waals surface area contributed by atoms with Gasteiger partial charge < -0.3 is 15.4 Å². The van der Waals surface area contributed by atoms with Crippen LogP contribution in [0.1, 0.15) is 25.3 Å². The molecule has 2 rings (SSSR count). The zero-order valence-corrected chi connectivity index (χ0v) is 11.0. The molecule has 18 heavy (non-hydrogen) atoms. The van der Waals surface area contributed by atoms with Gasteiger partial charge in [-0.3, -0.25) is 4.79 Å². The second-order valence-electron chi connectivity index (χ2n) is 4.83. The lowest BCUT2D eigenvalue weighted by Gasteiger charge is -2.21. The normalized spacial score (nSPS) is 16.7. The van der Waals surface area contributed by atoms with E-state index in [9.17, 15) is 4.79 Å². The lowest BCUT2D eigenvalue weighted by Crippen LogP contribution is -2.38. The molecule has 1 saturated heterocycles. The van der Waals surface area contributed by atoms with Crippen LogP contribution in [-0.2, 0) is 4.79 Å². The van der Waals surface area contributed by atoms with E-state index in [-0.39, 0.29) is 5.91 Å². The molecule has 1 aliphatic rings. The van der Waals surface area contributed by atoms with Crippen LogP contribution in [0.5, 0.6) is 5.75 Å². The van der Waals surface area contributed by atoms with Crippen molar-refractivity contribution >= 4 is 11.6 Å². The van der Waals surface area contributed by atoms with E-state index >= 15 is 0 Å². The molecule has 1 atom stereocenters. The molecule has 1 fully saturated rings. The fraction of sp³-hybridized carbons (Fsp3) is 0.500. The number of anilines is 1. The maximum Gasteiger partial charge on any atom is 0.263 e. The first-order chi connectivity index (χ1) is 8.58. The van der Waals surface area contributed by atoms with Crippen molar-refractivity contribution in [3.63, 3.8) is 0 Å². The molecular weight excluding hydrogens is 228 g/mol. The highest BCUT2D eigenvalue weighted by Crippen LogP contribution is 2.24. The van der Waals surface area contributed by atoms with Gasteiger partial charge in [-0.15, -0.1) is 0 Å². The van der Waals surface area contributed by atoms with Gasteiger partial charge in [-0.2, -0.15) is 0 Å². The fourth-order valence-electron chi connectivity index (χ4n) is 2.21. The predicted octanol–water partition coefficient (Wildman–Crippen LogP) is 1.97. The number of carbonyl (C=O) groups excluding carboxylic acids is 1. The van der Waals surface area contributed by atoms with E-state index in [0.29, 0.717) is 11.4 Å². The smallest absolute Gasteiger partial charge is 0.263 e. The molecule has 1 unspecified atom stereocenters. The van der Waals surface area contributed by atoms with E-state index in [4.69, 9.17) is 10.5 Å². The van der Waals surface area contributed by atoms with Crippen LogP contribution in [0.3, 0.4) is 0 Å². The third kappa shape index (κ3) is 2.75. The van der Waals surface area contributed by atoms with E-state index in [1.165, 1.54) is 0 Å². The summed E-state index contributed by atoms with van der Waals surface area (Å²) in [7, 11) is 0.